The Morgan fingerprint density at radius 1 is 1.14 bits per heavy atom. The average Bonchev–Trinajstić information content (AvgIpc) is 2.47. The standard InChI is InChI=1S/C17H24F3N/c1-2-8-15(13-9-4-3-5-10-13)21-16-12-7-6-11-14(16)17(18,19)20/h3-5,9-10,14-16,21H,2,6-8,11-12H2,1H3. The van der Waals surface area contributed by atoms with E-state index < -0.39 is 18.1 Å². The molecule has 21 heavy (non-hydrogen) atoms. The minimum atomic E-state index is -4.09. The van der Waals surface area contributed by atoms with E-state index in [0.29, 0.717) is 12.8 Å². The Kier molecular flexibility index (Phi) is 5.68. The molecule has 0 heterocycles. The van der Waals surface area contributed by atoms with Gasteiger partial charge < -0.3 is 5.32 Å². The molecule has 1 fully saturated rings. The van der Waals surface area contributed by atoms with Gasteiger partial charge in [0.1, 0.15) is 0 Å². The van der Waals surface area contributed by atoms with Crippen LogP contribution >= 0.6 is 0 Å². The Hall–Kier alpha value is -1.03. The molecular weight excluding hydrogens is 275 g/mol. The molecule has 1 aromatic carbocycles. The van der Waals surface area contributed by atoms with Gasteiger partial charge in [-0.15, -0.1) is 0 Å². The van der Waals surface area contributed by atoms with Crippen LogP contribution in [0.5, 0.6) is 0 Å². The summed E-state index contributed by atoms with van der Waals surface area (Å²) < 4.78 is 39.6. The number of halogens is 3. The van der Waals surface area contributed by atoms with E-state index in [9.17, 15) is 13.2 Å². The summed E-state index contributed by atoms with van der Waals surface area (Å²) in [6.07, 6.45) is 0.183. The van der Waals surface area contributed by atoms with Crippen molar-refractivity contribution in [2.45, 2.75) is 63.7 Å². The Labute approximate surface area is 124 Å². The molecule has 1 nitrogen and oxygen atoms in total. The van der Waals surface area contributed by atoms with Gasteiger partial charge in [0.15, 0.2) is 0 Å². The molecule has 0 amide bonds. The molecule has 0 bridgehead atoms. The highest BCUT2D eigenvalue weighted by atomic mass is 19.4. The lowest BCUT2D eigenvalue weighted by atomic mass is 9.83. The van der Waals surface area contributed by atoms with Crippen molar-refractivity contribution >= 4 is 0 Å². The van der Waals surface area contributed by atoms with E-state index in [1.54, 1.807) is 0 Å². The van der Waals surface area contributed by atoms with Crippen LogP contribution in [0.3, 0.4) is 0 Å². The van der Waals surface area contributed by atoms with Gasteiger partial charge in [-0.2, -0.15) is 13.2 Å². The van der Waals surface area contributed by atoms with Crippen LogP contribution in [0.1, 0.15) is 57.1 Å². The van der Waals surface area contributed by atoms with Crippen molar-refractivity contribution < 1.29 is 13.2 Å². The molecule has 0 spiro atoms. The van der Waals surface area contributed by atoms with E-state index in [1.807, 2.05) is 30.3 Å². The van der Waals surface area contributed by atoms with Gasteiger partial charge in [-0.05, 0) is 24.8 Å². The molecule has 4 heteroatoms. The highest BCUT2D eigenvalue weighted by Crippen LogP contribution is 2.38. The monoisotopic (exact) mass is 299 g/mol. The molecule has 1 saturated carbocycles. The van der Waals surface area contributed by atoms with Crippen LogP contribution in [0, 0.1) is 5.92 Å². The predicted octanol–water partition coefficient (Wildman–Crippen LogP) is 5.24. The third-order valence-electron chi connectivity index (χ3n) is 4.38. The summed E-state index contributed by atoms with van der Waals surface area (Å²) >= 11 is 0. The fourth-order valence-electron chi connectivity index (χ4n) is 3.30. The van der Waals surface area contributed by atoms with E-state index in [1.165, 1.54) is 0 Å². The lowest BCUT2D eigenvalue weighted by Crippen LogP contribution is -2.46. The molecule has 3 unspecified atom stereocenters. The first-order valence-corrected chi connectivity index (χ1v) is 7.90. The molecule has 2 rings (SSSR count). The SMILES string of the molecule is CCCC(NC1CCCCC1C(F)(F)F)c1ccccc1. The molecule has 1 aromatic rings. The van der Waals surface area contributed by atoms with Gasteiger partial charge in [-0.25, -0.2) is 0 Å². The van der Waals surface area contributed by atoms with Gasteiger partial charge >= 0.3 is 6.18 Å². The maximum Gasteiger partial charge on any atom is 0.393 e. The Morgan fingerprint density at radius 3 is 2.43 bits per heavy atom. The molecule has 3 atom stereocenters. The van der Waals surface area contributed by atoms with Crippen molar-refractivity contribution in [1.29, 1.82) is 0 Å². The summed E-state index contributed by atoms with van der Waals surface area (Å²) in [6, 6.07) is 9.40. The molecule has 0 aromatic heterocycles. The molecule has 1 N–H and O–H groups in total. The van der Waals surface area contributed by atoms with E-state index in [4.69, 9.17) is 0 Å². The van der Waals surface area contributed by atoms with Gasteiger partial charge in [0.2, 0.25) is 0 Å². The number of alkyl halides is 3. The zero-order valence-electron chi connectivity index (χ0n) is 12.5. The Balaban J connectivity index is 2.11. The Morgan fingerprint density at radius 2 is 1.81 bits per heavy atom. The maximum atomic E-state index is 13.2. The zero-order valence-corrected chi connectivity index (χ0v) is 12.5. The largest absolute Gasteiger partial charge is 0.393 e. The molecular formula is C17H24F3N. The molecule has 118 valence electrons. The van der Waals surface area contributed by atoms with Crippen molar-refractivity contribution in [3.8, 4) is 0 Å². The first-order valence-electron chi connectivity index (χ1n) is 7.90. The predicted molar refractivity (Wildman–Crippen MR) is 79.0 cm³/mol. The Bertz CT molecular complexity index is 416. The quantitative estimate of drug-likeness (QED) is 0.784. The second kappa shape index (κ2) is 7.30. The molecule has 1 aliphatic carbocycles. The van der Waals surface area contributed by atoms with E-state index in [2.05, 4.69) is 12.2 Å². The summed E-state index contributed by atoms with van der Waals surface area (Å²) in [5, 5.41) is 3.31. The summed E-state index contributed by atoms with van der Waals surface area (Å²) in [5.41, 5.74) is 1.09. The van der Waals surface area contributed by atoms with Gasteiger partial charge in [0.25, 0.3) is 0 Å². The first kappa shape index (κ1) is 16.3. The third kappa shape index (κ3) is 4.47. The minimum absolute atomic E-state index is 0.0177. The van der Waals surface area contributed by atoms with E-state index in [0.717, 1.165) is 24.8 Å². The smallest absolute Gasteiger partial charge is 0.307 e. The molecule has 1 aliphatic rings. The van der Waals surface area contributed by atoms with Crippen LogP contribution < -0.4 is 5.32 Å². The second-order valence-electron chi connectivity index (χ2n) is 5.96. The van der Waals surface area contributed by atoms with Crippen molar-refractivity contribution in [3.63, 3.8) is 0 Å². The van der Waals surface area contributed by atoms with Crippen LogP contribution in [0.2, 0.25) is 0 Å². The molecule has 0 aliphatic heterocycles. The van der Waals surface area contributed by atoms with Crippen LogP contribution in [-0.4, -0.2) is 12.2 Å². The topological polar surface area (TPSA) is 12.0 Å². The van der Waals surface area contributed by atoms with Gasteiger partial charge in [0, 0.05) is 12.1 Å². The highest BCUT2D eigenvalue weighted by molar-refractivity contribution is 5.19. The number of hydrogen-bond donors (Lipinski definition) is 1. The van der Waals surface area contributed by atoms with E-state index >= 15 is 0 Å². The van der Waals surface area contributed by atoms with Crippen LogP contribution in [0.25, 0.3) is 0 Å². The molecule has 0 saturated heterocycles. The fourth-order valence-corrected chi connectivity index (χ4v) is 3.30. The van der Waals surface area contributed by atoms with Crippen molar-refractivity contribution in [1.82, 2.24) is 5.32 Å². The minimum Gasteiger partial charge on any atom is -0.307 e. The lowest BCUT2D eigenvalue weighted by Gasteiger charge is -2.36. The van der Waals surface area contributed by atoms with Gasteiger partial charge in [-0.1, -0.05) is 56.5 Å². The maximum absolute atomic E-state index is 13.2. The van der Waals surface area contributed by atoms with Crippen LogP contribution in [0.15, 0.2) is 30.3 Å². The number of benzene rings is 1. The van der Waals surface area contributed by atoms with Crippen molar-refractivity contribution in [2.24, 2.45) is 5.92 Å². The number of hydrogen-bond acceptors (Lipinski definition) is 1. The normalized spacial score (nSPS) is 24.8. The van der Waals surface area contributed by atoms with Crippen LogP contribution in [-0.2, 0) is 0 Å². The van der Waals surface area contributed by atoms with Crippen LogP contribution in [0.4, 0.5) is 13.2 Å². The number of nitrogens with one attached hydrogen (secondary N) is 1. The summed E-state index contributed by atoms with van der Waals surface area (Å²) in [7, 11) is 0. The third-order valence-corrected chi connectivity index (χ3v) is 4.38. The van der Waals surface area contributed by atoms with Gasteiger partial charge in [-0.3, -0.25) is 0 Å². The zero-order chi connectivity index (χ0) is 15.3. The fraction of sp³-hybridized carbons (Fsp3) is 0.647. The summed E-state index contributed by atoms with van der Waals surface area (Å²) in [4.78, 5) is 0. The molecule has 0 radical (unpaired) electrons. The summed E-state index contributed by atoms with van der Waals surface area (Å²) in [6.45, 7) is 2.07. The van der Waals surface area contributed by atoms with Crippen molar-refractivity contribution in [2.75, 3.05) is 0 Å². The number of rotatable bonds is 5. The van der Waals surface area contributed by atoms with Crippen molar-refractivity contribution in [3.05, 3.63) is 35.9 Å². The van der Waals surface area contributed by atoms with E-state index in [-0.39, 0.29) is 12.5 Å². The first-order chi connectivity index (χ1) is 10.0. The summed E-state index contributed by atoms with van der Waals surface area (Å²) in [5.74, 6) is -1.20. The second-order valence-corrected chi connectivity index (χ2v) is 5.96. The lowest BCUT2D eigenvalue weighted by molar-refractivity contribution is -0.189. The highest BCUT2D eigenvalue weighted by Gasteiger charge is 2.45. The average molecular weight is 299 g/mol. The van der Waals surface area contributed by atoms with Gasteiger partial charge in [0.05, 0.1) is 5.92 Å².